The van der Waals surface area contributed by atoms with Gasteiger partial charge in [0.05, 0.1) is 6.10 Å². The van der Waals surface area contributed by atoms with Gasteiger partial charge < -0.3 is 5.11 Å². The van der Waals surface area contributed by atoms with Crippen molar-refractivity contribution in [2.75, 3.05) is 0 Å². The molecule has 76 valence electrons. The lowest BCUT2D eigenvalue weighted by Gasteiger charge is -2.27. The molecule has 1 rings (SSSR count). The zero-order valence-corrected chi connectivity index (χ0v) is 9.09. The van der Waals surface area contributed by atoms with Crippen LogP contribution in [0.1, 0.15) is 46.5 Å². The van der Waals surface area contributed by atoms with E-state index in [1.54, 1.807) is 5.57 Å². The molecule has 1 nitrogen and oxygen atoms in total. The van der Waals surface area contributed by atoms with Crippen LogP contribution in [-0.2, 0) is 0 Å². The molecule has 0 aromatic rings. The van der Waals surface area contributed by atoms with Gasteiger partial charge in [-0.3, -0.25) is 0 Å². The molecule has 1 aliphatic carbocycles. The predicted octanol–water partition coefficient (Wildman–Crippen LogP) is 3.14. The Hall–Kier alpha value is -0.300. The van der Waals surface area contributed by atoms with Crippen LogP contribution in [0.4, 0.5) is 0 Å². The zero-order valence-electron chi connectivity index (χ0n) is 9.09. The van der Waals surface area contributed by atoms with Gasteiger partial charge in [-0.15, -0.1) is 0 Å². The second-order valence-corrected chi connectivity index (χ2v) is 4.65. The van der Waals surface area contributed by atoms with E-state index in [0.717, 1.165) is 12.3 Å². The third-order valence-electron chi connectivity index (χ3n) is 3.20. The molecule has 0 spiro atoms. The summed E-state index contributed by atoms with van der Waals surface area (Å²) >= 11 is 0. The van der Waals surface area contributed by atoms with E-state index >= 15 is 0 Å². The first-order chi connectivity index (χ1) is 6.09. The van der Waals surface area contributed by atoms with Gasteiger partial charge in [0.2, 0.25) is 0 Å². The molecule has 0 aromatic heterocycles. The maximum absolute atomic E-state index is 9.29. The molecule has 0 radical (unpaired) electrons. The molecule has 0 saturated heterocycles. The molecular formula is C12H22O. The fraction of sp³-hybridized carbons (Fsp3) is 0.833. The van der Waals surface area contributed by atoms with E-state index < -0.39 is 0 Å². The van der Waals surface area contributed by atoms with Crippen molar-refractivity contribution in [2.24, 2.45) is 11.8 Å². The predicted molar refractivity (Wildman–Crippen MR) is 56.6 cm³/mol. The number of hydrogen-bond acceptors (Lipinski definition) is 1. The molecule has 3 atom stereocenters. The van der Waals surface area contributed by atoms with Crippen LogP contribution < -0.4 is 0 Å². The zero-order chi connectivity index (χ0) is 9.84. The Labute approximate surface area is 81.9 Å². The van der Waals surface area contributed by atoms with Gasteiger partial charge in [0, 0.05) is 0 Å². The summed E-state index contributed by atoms with van der Waals surface area (Å²) in [7, 11) is 0. The highest BCUT2D eigenvalue weighted by molar-refractivity contribution is 5.03. The Bertz CT molecular complexity index is 182. The van der Waals surface area contributed by atoms with Crippen LogP contribution in [0.25, 0.3) is 0 Å². The van der Waals surface area contributed by atoms with Crippen LogP contribution in [0.2, 0.25) is 0 Å². The molecule has 0 aromatic carbocycles. The Morgan fingerprint density at radius 1 is 1.54 bits per heavy atom. The first-order valence-electron chi connectivity index (χ1n) is 5.43. The molecule has 0 amide bonds. The van der Waals surface area contributed by atoms with Crippen LogP contribution in [0.5, 0.6) is 0 Å². The van der Waals surface area contributed by atoms with E-state index in [2.05, 4.69) is 19.9 Å². The van der Waals surface area contributed by atoms with E-state index in [-0.39, 0.29) is 6.10 Å². The topological polar surface area (TPSA) is 20.2 Å². The van der Waals surface area contributed by atoms with Crippen molar-refractivity contribution >= 4 is 0 Å². The Morgan fingerprint density at radius 2 is 2.23 bits per heavy atom. The lowest BCUT2D eigenvalue weighted by Crippen LogP contribution is -2.18. The minimum atomic E-state index is -0.137. The monoisotopic (exact) mass is 182 g/mol. The van der Waals surface area contributed by atoms with E-state index in [9.17, 15) is 5.11 Å². The highest BCUT2D eigenvalue weighted by atomic mass is 16.3. The van der Waals surface area contributed by atoms with Crippen molar-refractivity contribution in [3.8, 4) is 0 Å². The van der Waals surface area contributed by atoms with Crippen molar-refractivity contribution in [1.29, 1.82) is 0 Å². The smallest absolute Gasteiger partial charge is 0.0514 e. The summed E-state index contributed by atoms with van der Waals surface area (Å²) in [5.74, 6) is 1.47. The van der Waals surface area contributed by atoms with Gasteiger partial charge in [-0.2, -0.15) is 0 Å². The van der Waals surface area contributed by atoms with E-state index in [0.29, 0.717) is 5.92 Å². The van der Waals surface area contributed by atoms with Crippen LogP contribution in [0, 0.1) is 11.8 Å². The van der Waals surface area contributed by atoms with Gasteiger partial charge in [0.15, 0.2) is 0 Å². The number of allylic oxidation sites excluding steroid dienone is 2. The molecule has 0 heterocycles. The first kappa shape index (κ1) is 10.8. The SMILES string of the molecule is CC1=CCC(C(C)CC(C)O)CC1. The van der Waals surface area contributed by atoms with Crippen molar-refractivity contribution in [3.63, 3.8) is 0 Å². The van der Waals surface area contributed by atoms with Gasteiger partial charge >= 0.3 is 0 Å². The second-order valence-electron chi connectivity index (χ2n) is 4.65. The van der Waals surface area contributed by atoms with Crippen LogP contribution >= 0.6 is 0 Å². The quantitative estimate of drug-likeness (QED) is 0.665. The molecule has 0 fully saturated rings. The number of hydrogen-bond donors (Lipinski definition) is 1. The fourth-order valence-electron chi connectivity index (χ4n) is 2.23. The molecule has 1 N–H and O–H groups in total. The molecule has 3 unspecified atom stereocenters. The largest absolute Gasteiger partial charge is 0.393 e. The van der Waals surface area contributed by atoms with Gasteiger partial charge in [-0.25, -0.2) is 0 Å². The summed E-state index contributed by atoms with van der Waals surface area (Å²) in [6, 6.07) is 0. The number of rotatable bonds is 3. The minimum Gasteiger partial charge on any atom is -0.393 e. The summed E-state index contributed by atoms with van der Waals surface area (Å²) in [6.07, 6.45) is 6.98. The molecule has 13 heavy (non-hydrogen) atoms. The average molecular weight is 182 g/mol. The van der Waals surface area contributed by atoms with Gasteiger partial charge in [-0.1, -0.05) is 18.6 Å². The van der Waals surface area contributed by atoms with Gasteiger partial charge in [0.1, 0.15) is 0 Å². The lowest BCUT2D eigenvalue weighted by molar-refractivity contribution is 0.142. The second kappa shape index (κ2) is 4.80. The van der Waals surface area contributed by atoms with Gasteiger partial charge in [-0.05, 0) is 51.4 Å². The van der Waals surface area contributed by atoms with E-state index in [4.69, 9.17) is 0 Å². The molecular weight excluding hydrogens is 160 g/mol. The van der Waals surface area contributed by atoms with Crippen molar-refractivity contribution < 1.29 is 5.11 Å². The maximum atomic E-state index is 9.29. The van der Waals surface area contributed by atoms with Crippen LogP contribution in [0.3, 0.4) is 0 Å². The first-order valence-corrected chi connectivity index (χ1v) is 5.43. The molecule has 0 bridgehead atoms. The highest BCUT2D eigenvalue weighted by Gasteiger charge is 2.20. The molecule has 0 aliphatic heterocycles. The highest BCUT2D eigenvalue weighted by Crippen LogP contribution is 2.31. The van der Waals surface area contributed by atoms with E-state index in [1.165, 1.54) is 19.3 Å². The molecule has 1 heteroatoms. The van der Waals surface area contributed by atoms with Crippen molar-refractivity contribution in [2.45, 2.75) is 52.6 Å². The Balaban J connectivity index is 2.36. The Morgan fingerprint density at radius 3 is 2.69 bits per heavy atom. The summed E-state index contributed by atoms with van der Waals surface area (Å²) in [6.45, 7) is 6.38. The summed E-state index contributed by atoms with van der Waals surface area (Å²) < 4.78 is 0. The van der Waals surface area contributed by atoms with Crippen LogP contribution in [-0.4, -0.2) is 11.2 Å². The standard InChI is InChI=1S/C12H22O/c1-9-4-6-12(7-5-9)10(2)8-11(3)13/h4,10-13H,5-8H2,1-3H3. The molecule has 0 saturated carbocycles. The summed E-state index contributed by atoms with van der Waals surface area (Å²) in [5, 5.41) is 9.29. The number of aliphatic hydroxyl groups excluding tert-OH is 1. The molecule has 1 aliphatic rings. The normalized spacial score (nSPS) is 28.0. The lowest BCUT2D eigenvalue weighted by atomic mass is 9.79. The fourth-order valence-corrected chi connectivity index (χ4v) is 2.23. The number of aliphatic hydroxyl groups is 1. The third kappa shape index (κ3) is 3.51. The van der Waals surface area contributed by atoms with E-state index in [1.807, 2.05) is 6.92 Å². The summed E-state index contributed by atoms with van der Waals surface area (Å²) in [5.41, 5.74) is 1.54. The van der Waals surface area contributed by atoms with Crippen molar-refractivity contribution in [1.82, 2.24) is 0 Å². The van der Waals surface area contributed by atoms with Gasteiger partial charge in [0.25, 0.3) is 0 Å². The maximum Gasteiger partial charge on any atom is 0.0514 e. The Kier molecular flexibility index (Phi) is 3.98. The minimum absolute atomic E-state index is 0.137. The van der Waals surface area contributed by atoms with Crippen LogP contribution in [0.15, 0.2) is 11.6 Å². The summed E-state index contributed by atoms with van der Waals surface area (Å²) in [4.78, 5) is 0. The van der Waals surface area contributed by atoms with Crippen molar-refractivity contribution in [3.05, 3.63) is 11.6 Å². The third-order valence-corrected chi connectivity index (χ3v) is 3.20. The average Bonchev–Trinajstić information content (AvgIpc) is 2.04.